The summed E-state index contributed by atoms with van der Waals surface area (Å²) in [4.78, 5) is 0. The molecule has 2 unspecified atom stereocenters. The fraction of sp³-hybridized carbons (Fsp3) is 0.625. The Morgan fingerprint density at radius 3 is 2.47 bits per heavy atom. The maximum atomic E-state index is 6.46. The van der Waals surface area contributed by atoms with Gasteiger partial charge in [-0.15, -0.1) is 0 Å². The van der Waals surface area contributed by atoms with Crippen LogP contribution in [0.5, 0.6) is 0 Å². The van der Waals surface area contributed by atoms with Crippen LogP contribution in [0, 0.1) is 19.8 Å². The van der Waals surface area contributed by atoms with Gasteiger partial charge >= 0.3 is 0 Å². The zero-order valence-corrected chi connectivity index (χ0v) is 11.8. The molecule has 0 aliphatic heterocycles. The van der Waals surface area contributed by atoms with Crippen molar-refractivity contribution in [3.8, 4) is 0 Å². The predicted octanol–water partition coefficient (Wildman–Crippen LogP) is 4.52. The van der Waals surface area contributed by atoms with E-state index >= 15 is 0 Å². The van der Waals surface area contributed by atoms with Crippen molar-refractivity contribution in [1.82, 2.24) is 0 Å². The van der Waals surface area contributed by atoms with Crippen LogP contribution in [0.4, 0.5) is 0 Å². The average molecular weight is 233 g/mol. The van der Waals surface area contributed by atoms with Crippen LogP contribution in [-0.4, -0.2) is 0 Å². The van der Waals surface area contributed by atoms with Crippen molar-refractivity contribution in [3.05, 3.63) is 34.9 Å². The van der Waals surface area contributed by atoms with E-state index in [1.54, 1.807) is 0 Å². The first-order chi connectivity index (χ1) is 8.10. The fourth-order valence-electron chi connectivity index (χ4n) is 2.48. The van der Waals surface area contributed by atoms with E-state index in [4.69, 9.17) is 5.73 Å². The molecular formula is C16H27N. The van der Waals surface area contributed by atoms with Crippen molar-refractivity contribution in [3.63, 3.8) is 0 Å². The van der Waals surface area contributed by atoms with Crippen molar-refractivity contribution in [1.29, 1.82) is 0 Å². The summed E-state index contributed by atoms with van der Waals surface area (Å²) < 4.78 is 0. The third-order valence-electron chi connectivity index (χ3n) is 3.75. The van der Waals surface area contributed by atoms with Gasteiger partial charge in [-0.1, -0.05) is 56.9 Å². The Balaban J connectivity index is 2.85. The molecule has 0 heterocycles. The molecule has 0 aliphatic rings. The van der Waals surface area contributed by atoms with Crippen LogP contribution < -0.4 is 5.73 Å². The smallest absolute Gasteiger partial charge is 0.0326 e. The summed E-state index contributed by atoms with van der Waals surface area (Å²) >= 11 is 0. The molecule has 1 aromatic carbocycles. The second-order valence-corrected chi connectivity index (χ2v) is 5.20. The lowest BCUT2D eigenvalue weighted by Gasteiger charge is -2.24. The van der Waals surface area contributed by atoms with Crippen LogP contribution >= 0.6 is 0 Å². The molecule has 0 spiro atoms. The number of aryl methyl sites for hydroxylation is 2. The Kier molecular flexibility index (Phi) is 5.70. The molecule has 1 nitrogen and oxygen atoms in total. The van der Waals surface area contributed by atoms with Crippen LogP contribution in [0.15, 0.2) is 18.2 Å². The van der Waals surface area contributed by atoms with Gasteiger partial charge in [0.15, 0.2) is 0 Å². The molecule has 0 aliphatic carbocycles. The Labute approximate surface area is 106 Å². The molecular weight excluding hydrogens is 206 g/mol. The molecule has 0 bridgehead atoms. The minimum absolute atomic E-state index is 0.200. The zero-order valence-electron chi connectivity index (χ0n) is 11.8. The summed E-state index contributed by atoms with van der Waals surface area (Å²) in [6.07, 6.45) is 4.98. The highest BCUT2D eigenvalue weighted by molar-refractivity contribution is 5.33. The topological polar surface area (TPSA) is 26.0 Å². The van der Waals surface area contributed by atoms with Gasteiger partial charge in [0.2, 0.25) is 0 Å². The van der Waals surface area contributed by atoms with E-state index in [0.717, 1.165) is 0 Å². The van der Waals surface area contributed by atoms with Crippen LogP contribution in [0.1, 0.15) is 62.3 Å². The first-order valence-corrected chi connectivity index (χ1v) is 6.92. The molecule has 0 saturated heterocycles. The Bertz CT molecular complexity index is 343. The van der Waals surface area contributed by atoms with Crippen molar-refractivity contribution in [2.75, 3.05) is 0 Å². The van der Waals surface area contributed by atoms with Crippen molar-refractivity contribution in [2.45, 2.75) is 59.4 Å². The first-order valence-electron chi connectivity index (χ1n) is 6.92. The monoisotopic (exact) mass is 233 g/mol. The molecule has 2 atom stereocenters. The maximum Gasteiger partial charge on any atom is 0.0326 e. The van der Waals surface area contributed by atoms with E-state index in [1.807, 2.05) is 0 Å². The molecule has 0 fully saturated rings. The third kappa shape index (κ3) is 3.85. The Morgan fingerprint density at radius 1 is 1.18 bits per heavy atom. The molecule has 0 radical (unpaired) electrons. The van der Waals surface area contributed by atoms with Crippen molar-refractivity contribution < 1.29 is 0 Å². The summed E-state index contributed by atoms with van der Waals surface area (Å²) in [5.41, 5.74) is 10.4. The van der Waals surface area contributed by atoms with Gasteiger partial charge in [0, 0.05) is 6.04 Å². The van der Waals surface area contributed by atoms with Crippen molar-refractivity contribution >= 4 is 0 Å². The predicted molar refractivity (Wildman–Crippen MR) is 76.2 cm³/mol. The summed E-state index contributed by atoms with van der Waals surface area (Å²) in [5.74, 6) is 0.621. The minimum Gasteiger partial charge on any atom is -0.324 e. The second kappa shape index (κ2) is 6.80. The number of hydrogen-bond acceptors (Lipinski definition) is 1. The van der Waals surface area contributed by atoms with Crippen molar-refractivity contribution in [2.24, 2.45) is 11.7 Å². The molecule has 1 aromatic rings. The van der Waals surface area contributed by atoms with Crippen LogP contribution in [-0.2, 0) is 0 Å². The summed E-state index contributed by atoms with van der Waals surface area (Å²) in [5, 5.41) is 0. The van der Waals surface area contributed by atoms with Gasteiger partial charge in [-0.25, -0.2) is 0 Å². The van der Waals surface area contributed by atoms with E-state index in [2.05, 4.69) is 45.9 Å². The average Bonchev–Trinajstić information content (AvgIpc) is 2.33. The molecule has 1 rings (SSSR count). The highest BCUT2D eigenvalue weighted by Gasteiger charge is 2.18. The molecule has 0 amide bonds. The number of hydrogen-bond donors (Lipinski definition) is 1. The zero-order chi connectivity index (χ0) is 12.8. The highest BCUT2D eigenvalue weighted by Crippen LogP contribution is 2.29. The van der Waals surface area contributed by atoms with Gasteiger partial charge in [0.05, 0.1) is 0 Å². The van der Waals surface area contributed by atoms with E-state index in [-0.39, 0.29) is 6.04 Å². The number of unbranched alkanes of at least 4 members (excludes halogenated alkanes) is 1. The molecule has 1 heteroatoms. The van der Waals surface area contributed by atoms with Crippen LogP contribution in [0.3, 0.4) is 0 Å². The molecule has 0 saturated carbocycles. The molecule has 0 aromatic heterocycles. The summed E-state index contributed by atoms with van der Waals surface area (Å²) in [6.45, 7) is 8.81. The Morgan fingerprint density at radius 2 is 1.88 bits per heavy atom. The van der Waals surface area contributed by atoms with Gasteiger partial charge in [0.25, 0.3) is 0 Å². The van der Waals surface area contributed by atoms with Gasteiger partial charge in [-0.3, -0.25) is 0 Å². The quantitative estimate of drug-likeness (QED) is 0.768. The number of benzene rings is 1. The third-order valence-corrected chi connectivity index (χ3v) is 3.75. The molecule has 2 N–H and O–H groups in total. The SMILES string of the molecule is CCCCC(CC)C(N)c1cc(C)ccc1C. The molecule has 17 heavy (non-hydrogen) atoms. The van der Waals surface area contributed by atoms with Crippen LogP contribution in [0.25, 0.3) is 0 Å². The van der Waals surface area contributed by atoms with Gasteiger partial charge < -0.3 is 5.73 Å². The lowest BCUT2D eigenvalue weighted by molar-refractivity contribution is 0.377. The first kappa shape index (κ1) is 14.2. The number of nitrogens with two attached hydrogens (primary N) is 1. The summed E-state index contributed by atoms with van der Waals surface area (Å²) in [7, 11) is 0. The normalized spacial score (nSPS) is 14.6. The Hall–Kier alpha value is -0.820. The van der Waals surface area contributed by atoms with E-state index in [9.17, 15) is 0 Å². The minimum atomic E-state index is 0.200. The lowest BCUT2D eigenvalue weighted by Crippen LogP contribution is -2.22. The second-order valence-electron chi connectivity index (χ2n) is 5.20. The lowest BCUT2D eigenvalue weighted by atomic mass is 9.85. The fourth-order valence-corrected chi connectivity index (χ4v) is 2.48. The maximum absolute atomic E-state index is 6.46. The largest absolute Gasteiger partial charge is 0.324 e. The van der Waals surface area contributed by atoms with Gasteiger partial charge in [0.1, 0.15) is 0 Å². The standard InChI is InChI=1S/C16H27N/c1-5-7-8-14(6-2)16(17)15-11-12(3)9-10-13(15)4/h9-11,14,16H,5-8,17H2,1-4H3. The van der Waals surface area contributed by atoms with Gasteiger partial charge in [-0.05, 0) is 37.3 Å². The van der Waals surface area contributed by atoms with E-state index in [1.165, 1.54) is 42.4 Å². The highest BCUT2D eigenvalue weighted by atomic mass is 14.7. The summed E-state index contributed by atoms with van der Waals surface area (Å²) in [6, 6.07) is 6.82. The van der Waals surface area contributed by atoms with E-state index in [0.29, 0.717) is 5.92 Å². The van der Waals surface area contributed by atoms with Gasteiger partial charge in [-0.2, -0.15) is 0 Å². The van der Waals surface area contributed by atoms with Crippen LogP contribution in [0.2, 0.25) is 0 Å². The molecule has 96 valence electrons. The number of rotatable bonds is 6. The van der Waals surface area contributed by atoms with E-state index < -0.39 is 0 Å².